The molecule has 0 unspecified atom stereocenters. The minimum absolute atomic E-state index is 0.708. The highest BCUT2D eigenvalue weighted by Crippen LogP contribution is 2.17. The molecular formula is C10H14N4. The van der Waals surface area contributed by atoms with E-state index >= 15 is 0 Å². The first-order valence-corrected chi connectivity index (χ1v) is 4.40. The molecule has 0 amide bonds. The minimum Gasteiger partial charge on any atom is -0.372 e. The fourth-order valence-corrected chi connectivity index (χ4v) is 1.07. The zero-order valence-corrected chi connectivity index (χ0v) is 8.41. The topological polar surface area (TPSA) is 51.1 Å². The standard InChI is InChI=1S/C10H14N4/c1-12-8-13-9-4-3-5-10(6-9)14(2)7-11/h3-6,12-13H,8H2,1-2H3. The first-order chi connectivity index (χ1) is 6.77. The summed E-state index contributed by atoms with van der Waals surface area (Å²) in [6, 6.07) is 7.71. The molecular weight excluding hydrogens is 176 g/mol. The molecule has 1 aromatic rings. The SMILES string of the molecule is CNCNc1cccc(N(C)C#N)c1. The van der Waals surface area contributed by atoms with Crippen molar-refractivity contribution in [2.24, 2.45) is 0 Å². The maximum atomic E-state index is 8.70. The van der Waals surface area contributed by atoms with Crippen LogP contribution in [0.25, 0.3) is 0 Å². The quantitative estimate of drug-likeness (QED) is 0.425. The second kappa shape index (κ2) is 5.10. The lowest BCUT2D eigenvalue weighted by Crippen LogP contribution is -2.17. The summed E-state index contributed by atoms with van der Waals surface area (Å²) in [4.78, 5) is 1.52. The third kappa shape index (κ3) is 2.64. The smallest absolute Gasteiger partial charge is 0.183 e. The zero-order chi connectivity index (χ0) is 10.4. The first kappa shape index (κ1) is 10.4. The van der Waals surface area contributed by atoms with Gasteiger partial charge in [0, 0.05) is 12.7 Å². The van der Waals surface area contributed by atoms with Gasteiger partial charge in [-0.1, -0.05) is 6.07 Å². The van der Waals surface area contributed by atoms with Crippen LogP contribution in [0.1, 0.15) is 0 Å². The van der Waals surface area contributed by atoms with Gasteiger partial charge in [-0.05, 0) is 25.2 Å². The molecule has 2 N–H and O–H groups in total. The van der Waals surface area contributed by atoms with Crippen molar-refractivity contribution in [3.8, 4) is 6.19 Å². The minimum atomic E-state index is 0.708. The second-order valence-corrected chi connectivity index (χ2v) is 2.92. The molecule has 0 saturated carbocycles. The summed E-state index contributed by atoms with van der Waals surface area (Å²) in [5, 5.41) is 14.9. The van der Waals surface area contributed by atoms with E-state index < -0.39 is 0 Å². The van der Waals surface area contributed by atoms with Gasteiger partial charge in [0.2, 0.25) is 0 Å². The molecule has 0 aliphatic heterocycles. The summed E-state index contributed by atoms with van der Waals surface area (Å²) in [5.74, 6) is 0. The van der Waals surface area contributed by atoms with Crippen molar-refractivity contribution >= 4 is 11.4 Å². The number of nitrogens with zero attached hydrogens (tertiary/aromatic N) is 2. The third-order valence-electron chi connectivity index (χ3n) is 1.85. The van der Waals surface area contributed by atoms with Gasteiger partial charge in [-0.15, -0.1) is 0 Å². The van der Waals surface area contributed by atoms with Crippen LogP contribution in [0.4, 0.5) is 11.4 Å². The predicted octanol–water partition coefficient (Wildman–Crippen LogP) is 1.19. The molecule has 0 spiro atoms. The van der Waals surface area contributed by atoms with Crippen LogP contribution in [0.15, 0.2) is 24.3 Å². The van der Waals surface area contributed by atoms with Crippen molar-refractivity contribution in [2.75, 3.05) is 31.0 Å². The van der Waals surface area contributed by atoms with E-state index in [0.717, 1.165) is 11.4 Å². The largest absolute Gasteiger partial charge is 0.372 e. The molecule has 0 saturated heterocycles. The normalized spacial score (nSPS) is 9.21. The summed E-state index contributed by atoms with van der Waals surface area (Å²) in [6.07, 6.45) is 2.05. The number of hydrogen-bond acceptors (Lipinski definition) is 4. The Kier molecular flexibility index (Phi) is 3.77. The van der Waals surface area contributed by atoms with E-state index in [9.17, 15) is 0 Å². The van der Waals surface area contributed by atoms with Crippen molar-refractivity contribution in [1.82, 2.24) is 5.32 Å². The van der Waals surface area contributed by atoms with Crippen molar-refractivity contribution in [1.29, 1.82) is 5.26 Å². The maximum Gasteiger partial charge on any atom is 0.183 e. The van der Waals surface area contributed by atoms with Gasteiger partial charge in [0.1, 0.15) is 0 Å². The molecule has 1 aromatic carbocycles. The number of nitrogens with one attached hydrogen (secondary N) is 2. The Hall–Kier alpha value is -1.73. The molecule has 0 aromatic heterocycles. The van der Waals surface area contributed by atoms with E-state index in [-0.39, 0.29) is 0 Å². The van der Waals surface area contributed by atoms with Crippen molar-refractivity contribution < 1.29 is 0 Å². The Morgan fingerprint density at radius 3 is 2.93 bits per heavy atom. The molecule has 14 heavy (non-hydrogen) atoms. The van der Waals surface area contributed by atoms with Gasteiger partial charge < -0.3 is 10.6 Å². The zero-order valence-electron chi connectivity index (χ0n) is 8.41. The Morgan fingerprint density at radius 2 is 2.29 bits per heavy atom. The van der Waals surface area contributed by atoms with Crippen LogP contribution in [-0.4, -0.2) is 20.8 Å². The summed E-state index contributed by atoms with van der Waals surface area (Å²) in [7, 11) is 3.61. The molecule has 0 fully saturated rings. The van der Waals surface area contributed by atoms with Gasteiger partial charge in [-0.2, -0.15) is 5.26 Å². The fourth-order valence-electron chi connectivity index (χ4n) is 1.07. The lowest BCUT2D eigenvalue weighted by Gasteiger charge is -2.11. The maximum absolute atomic E-state index is 8.70. The molecule has 0 heterocycles. The Morgan fingerprint density at radius 1 is 1.50 bits per heavy atom. The molecule has 4 heteroatoms. The summed E-state index contributed by atoms with van der Waals surface area (Å²) in [6.45, 7) is 0.708. The van der Waals surface area contributed by atoms with Crippen LogP contribution in [0.3, 0.4) is 0 Å². The highest BCUT2D eigenvalue weighted by Gasteiger charge is 1.98. The van der Waals surface area contributed by atoms with Gasteiger partial charge in [-0.3, -0.25) is 4.90 Å². The van der Waals surface area contributed by atoms with Crippen LogP contribution in [0, 0.1) is 11.5 Å². The van der Waals surface area contributed by atoms with Gasteiger partial charge in [-0.25, -0.2) is 0 Å². The average Bonchev–Trinajstić information content (AvgIpc) is 2.25. The van der Waals surface area contributed by atoms with Gasteiger partial charge in [0.15, 0.2) is 6.19 Å². The van der Waals surface area contributed by atoms with E-state index in [1.165, 1.54) is 4.90 Å². The lowest BCUT2D eigenvalue weighted by atomic mass is 10.2. The molecule has 0 atom stereocenters. The summed E-state index contributed by atoms with van der Waals surface area (Å²) in [5.41, 5.74) is 1.88. The van der Waals surface area contributed by atoms with E-state index in [0.29, 0.717) is 6.67 Å². The van der Waals surface area contributed by atoms with Crippen LogP contribution in [-0.2, 0) is 0 Å². The predicted molar refractivity (Wildman–Crippen MR) is 58.0 cm³/mol. The molecule has 0 aliphatic carbocycles. The number of rotatable bonds is 4. The lowest BCUT2D eigenvalue weighted by molar-refractivity contribution is 0.874. The van der Waals surface area contributed by atoms with Crippen LogP contribution in [0.5, 0.6) is 0 Å². The molecule has 0 bridgehead atoms. The molecule has 0 aliphatic rings. The average molecular weight is 190 g/mol. The second-order valence-electron chi connectivity index (χ2n) is 2.92. The Labute approximate surface area is 84.1 Å². The van der Waals surface area contributed by atoms with Gasteiger partial charge in [0.05, 0.1) is 12.4 Å². The Bertz CT molecular complexity index is 329. The molecule has 1 rings (SSSR count). The fraction of sp³-hybridized carbons (Fsp3) is 0.300. The van der Waals surface area contributed by atoms with Gasteiger partial charge in [0.25, 0.3) is 0 Å². The first-order valence-electron chi connectivity index (χ1n) is 4.40. The van der Waals surface area contributed by atoms with Gasteiger partial charge >= 0.3 is 0 Å². The molecule has 0 radical (unpaired) electrons. The number of nitriles is 1. The monoisotopic (exact) mass is 190 g/mol. The number of hydrogen-bond donors (Lipinski definition) is 2. The van der Waals surface area contributed by atoms with E-state index in [4.69, 9.17) is 5.26 Å². The van der Waals surface area contributed by atoms with E-state index in [2.05, 4.69) is 16.8 Å². The highest BCUT2D eigenvalue weighted by atomic mass is 15.1. The number of benzene rings is 1. The molecule has 74 valence electrons. The van der Waals surface area contributed by atoms with Crippen LogP contribution < -0.4 is 15.5 Å². The van der Waals surface area contributed by atoms with Crippen LogP contribution >= 0.6 is 0 Å². The summed E-state index contributed by atoms with van der Waals surface area (Å²) < 4.78 is 0. The Balaban J connectivity index is 2.74. The van der Waals surface area contributed by atoms with E-state index in [1.807, 2.05) is 31.3 Å². The third-order valence-corrected chi connectivity index (χ3v) is 1.85. The van der Waals surface area contributed by atoms with E-state index in [1.54, 1.807) is 7.05 Å². The van der Waals surface area contributed by atoms with Crippen molar-refractivity contribution in [3.05, 3.63) is 24.3 Å². The van der Waals surface area contributed by atoms with Crippen molar-refractivity contribution in [2.45, 2.75) is 0 Å². The van der Waals surface area contributed by atoms with Crippen LogP contribution in [0.2, 0.25) is 0 Å². The molecule has 4 nitrogen and oxygen atoms in total. The number of anilines is 2. The summed E-state index contributed by atoms with van der Waals surface area (Å²) >= 11 is 0. The highest BCUT2D eigenvalue weighted by molar-refractivity contribution is 5.59. The van der Waals surface area contributed by atoms with Crippen molar-refractivity contribution in [3.63, 3.8) is 0 Å².